The van der Waals surface area contributed by atoms with Crippen LogP contribution in [0.5, 0.6) is 0 Å². The molecule has 0 aliphatic rings. The highest BCUT2D eigenvalue weighted by Gasteiger charge is 2.23. The van der Waals surface area contributed by atoms with E-state index in [1.165, 1.54) is 40.0 Å². The second kappa shape index (κ2) is 8.59. The monoisotopic (exact) mass is 459 g/mol. The van der Waals surface area contributed by atoms with E-state index in [4.69, 9.17) is 16.1 Å². The molecular weight excluding hydrogens is 445 g/mol. The number of carbonyl (C=O) groups is 1. The number of carbonyl (C=O) groups excluding carboxylic acids is 1. The zero-order valence-corrected chi connectivity index (χ0v) is 17.3. The number of hydrogen-bond acceptors (Lipinski definition) is 7. The van der Waals surface area contributed by atoms with Gasteiger partial charge in [-0.3, -0.25) is 9.48 Å². The minimum Gasteiger partial charge on any atom is -0.361 e. The van der Waals surface area contributed by atoms with E-state index in [2.05, 4.69) is 20.7 Å². The summed E-state index contributed by atoms with van der Waals surface area (Å²) < 4.78 is 21.0. The number of aryl methyl sites for hydroxylation is 1. The molecule has 11 nitrogen and oxygen atoms in total. The van der Waals surface area contributed by atoms with Crippen molar-refractivity contribution in [2.75, 3.05) is 5.32 Å². The Morgan fingerprint density at radius 1 is 1.22 bits per heavy atom. The summed E-state index contributed by atoms with van der Waals surface area (Å²) in [5, 5.41) is 25.5. The van der Waals surface area contributed by atoms with Gasteiger partial charge in [0.25, 0.3) is 5.91 Å². The number of nitrogens with one attached hydrogen (secondary N) is 1. The minimum absolute atomic E-state index is 0.0233. The van der Waals surface area contributed by atoms with Gasteiger partial charge < -0.3 is 20.0 Å². The number of halogens is 2. The first kappa shape index (κ1) is 21.2. The van der Waals surface area contributed by atoms with Crippen molar-refractivity contribution < 1.29 is 18.6 Å². The summed E-state index contributed by atoms with van der Waals surface area (Å²) >= 11 is 6.20. The van der Waals surface area contributed by atoms with E-state index in [0.29, 0.717) is 17.9 Å². The molecule has 0 aliphatic heterocycles. The van der Waals surface area contributed by atoms with Crippen LogP contribution in [0, 0.1) is 22.9 Å². The first-order chi connectivity index (χ1) is 15.3. The lowest BCUT2D eigenvalue weighted by atomic mass is 10.2. The molecule has 13 heteroatoms. The molecule has 0 radical (unpaired) electrons. The molecule has 0 aliphatic carbocycles. The first-order valence-corrected chi connectivity index (χ1v) is 9.59. The van der Waals surface area contributed by atoms with Gasteiger partial charge in [0.2, 0.25) is 0 Å². The van der Waals surface area contributed by atoms with E-state index < -0.39 is 10.8 Å². The number of aromatic nitrogens is 5. The Hall–Kier alpha value is -4.06. The van der Waals surface area contributed by atoms with Crippen molar-refractivity contribution in [3.63, 3.8) is 0 Å². The van der Waals surface area contributed by atoms with Crippen molar-refractivity contribution in [1.82, 2.24) is 24.7 Å². The van der Waals surface area contributed by atoms with Gasteiger partial charge in [-0.05, 0) is 29.5 Å². The van der Waals surface area contributed by atoms with Gasteiger partial charge in [0.05, 0.1) is 36.0 Å². The Balaban J connectivity index is 1.50. The van der Waals surface area contributed by atoms with Crippen molar-refractivity contribution in [2.24, 2.45) is 0 Å². The van der Waals surface area contributed by atoms with Gasteiger partial charge in [0.15, 0.2) is 11.5 Å². The largest absolute Gasteiger partial charge is 0.389 e. The maximum Gasteiger partial charge on any atom is 0.389 e. The number of rotatable bonds is 7. The highest BCUT2D eigenvalue weighted by molar-refractivity contribution is 6.33. The Kier molecular flexibility index (Phi) is 5.69. The molecule has 0 fully saturated rings. The summed E-state index contributed by atoms with van der Waals surface area (Å²) in [5.74, 6) is -0.805. The summed E-state index contributed by atoms with van der Waals surface area (Å²) in [6.07, 6.45) is 2.94. The third-order valence-electron chi connectivity index (χ3n) is 4.54. The zero-order valence-electron chi connectivity index (χ0n) is 16.5. The fourth-order valence-electron chi connectivity index (χ4n) is 2.96. The molecule has 164 valence electrons. The van der Waals surface area contributed by atoms with Crippen LogP contribution in [-0.2, 0) is 13.1 Å². The number of nitro groups is 1. The summed E-state index contributed by atoms with van der Waals surface area (Å²) in [6, 6.07) is 7.16. The minimum atomic E-state index is -0.618. The lowest BCUT2D eigenvalue weighted by molar-refractivity contribution is -0.389. The maximum absolute atomic E-state index is 13.1. The van der Waals surface area contributed by atoms with Crippen molar-refractivity contribution in [1.29, 1.82) is 0 Å². The van der Waals surface area contributed by atoms with E-state index in [9.17, 15) is 19.3 Å². The fourth-order valence-corrected chi connectivity index (χ4v) is 3.16. The van der Waals surface area contributed by atoms with E-state index >= 15 is 0 Å². The van der Waals surface area contributed by atoms with Crippen LogP contribution in [0.4, 0.5) is 16.0 Å². The Bertz CT molecular complexity index is 1300. The molecule has 0 unspecified atom stereocenters. The predicted octanol–water partition coefficient (Wildman–Crippen LogP) is 3.43. The summed E-state index contributed by atoms with van der Waals surface area (Å²) in [6.45, 7) is 1.97. The van der Waals surface area contributed by atoms with Gasteiger partial charge in [-0.25, -0.2) is 4.39 Å². The number of benzene rings is 1. The normalized spacial score (nSPS) is 11.0. The van der Waals surface area contributed by atoms with Crippen molar-refractivity contribution >= 4 is 29.1 Å². The van der Waals surface area contributed by atoms with Crippen molar-refractivity contribution in [3.8, 4) is 0 Å². The van der Waals surface area contributed by atoms with E-state index in [0.717, 1.165) is 5.56 Å². The molecule has 0 atom stereocenters. The summed E-state index contributed by atoms with van der Waals surface area (Å²) in [4.78, 5) is 23.0. The van der Waals surface area contributed by atoms with Gasteiger partial charge >= 0.3 is 5.82 Å². The number of amides is 1. The fraction of sp³-hybridized carbons (Fsp3) is 0.158. The molecule has 32 heavy (non-hydrogen) atoms. The Morgan fingerprint density at radius 3 is 2.66 bits per heavy atom. The third kappa shape index (κ3) is 4.49. The average molecular weight is 460 g/mol. The molecule has 4 aromatic rings. The van der Waals surface area contributed by atoms with Gasteiger partial charge in [-0.1, -0.05) is 28.9 Å². The number of nitrogens with zero attached hydrogens (tertiary/aromatic N) is 6. The molecule has 0 saturated carbocycles. The topological polar surface area (TPSA) is 134 Å². The summed E-state index contributed by atoms with van der Waals surface area (Å²) in [7, 11) is 0. The number of anilines is 1. The lowest BCUT2D eigenvalue weighted by Crippen LogP contribution is -2.17. The van der Waals surface area contributed by atoms with Crippen LogP contribution in [0.1, 0.15) is 27.4 Å². The van der Waals surface area contributed by atoms with Gasteiger partial charge in [-0.15, -0.1) is 0 Å². The molecule has 1 amide bonds. The standard InChI is InChI=1S/C19H15ClFN7O4/c1-11-14(9-26-7-6-16(23-26)28(30)31)17(25-32-11)19(29)22-18-15(20)10-27(24-18)8-12-2-4-13(21)5-3-12/h2-7,10H,8-9H2,1H3,(H,22,24,29). The molecular formula is C19H15ClFN7O4. The first-order valence-electron chi connectivity index (χ1n) is 9.22. The molecule has 3 aromatic heterocycles. The second-order valence-electron chi connectivity index (χ2n) is 6.80. The van der Waals surface area contributed by atoms with Crippen LogP contribution in [0.25, 0.3) is 0 Å². The highest BCUT2D eigenvalue weighted by Crippen LogP contribution is 2.23. The van der Waals surface area contributed by atoms with Crippen LogP contribution in [0.2, 0.25) is 5.02 Å². The van der Waals surface area contributed by atoms with Gasteiger partial charge in [0, 0.05) is 6.20 Å². The molecule has 0 saturated heterocycles. The molecule has 4 rings (SSSR count). The SMILES string of the molecule is Cc1onc(C(=O)Nc2nn(Cc3ccc(F)cc3)cc2Cl)c1Cn1ccc([N+](=O)[O-])n1. The molecule has 1 aromatic carbocycles. The smallest absolute Gasteiger partial charge is 0.361 e. The van der Waals surface area contributed by atoms with E-state index in [1.807, 2.05) is 0 Å². The van der Waals surface area contributed by atoms with E-state index in [-0.39, 0.29) is 34.7 Å². The molecule has 0 bridgehead atoms. The third-order valence-corrected chi connectivity index (χ3v) is 4.82. The molecule has 1 N–H and O–H groups in total. The predicted molar refractivity (Wildman–Crippen MR) is 110 cm³/mol. The zero-order chi connectivity index (χ0) is 22.8. The van der Waals surface area contributed by atoms with E-state index in [1.54, 1.807) is 19.1 Å². The molecule has 0 spiro atoms. The van der Waals surface area contributed by atoms with Crippen LogP contribution in [0.15, 0.2) is 47.2 Å². The lowest BCUT2D eigenvalue weighted by Gasteiger charge is -2.03. The van der Waals surface area contributed by atoms with Gasteiger partial charge in [-0.2, -0.15) is 9.78 Å². The van der Waals surface area contributed by atoms with Crippen LogP contribution < -0.4 is 5.32 Å². The highest BCUT2D eigenvalue weighted by atomic mass is 35.5. The van der Waals surface area contributed by atoms with Crippen LogP contribution in [0.3, 0.4) is 0 Å². The van der Waals surface area contributed by atoms with Crippen LogP contribution in [-0.4, -0.2) is 35.5 Å². The summed E-state index contributed by atoms with van der Waals surface area (Å²) in [5.41, 5.74) is 1.18. The van der Waals surface area contributed by atoms with Crippen molar-refractivity contribution in [3.05, 3.63) is 86.3 Å². The molecule has 3 heterocycles. The number of hydrogen-bond donors (Lipinski definition) is 1. The second-order valence-corrected chi connectivity index (χ2v) is 7.21. The average Bonchev–Trinajstić information content (AvgIpc) is 3.45. The maximum atomic E-state index is 13.1. The Morgan fingerprint density at radius 2 is 1.97 bits per heavy atom. The van der Waals surface area contributed by atoms with Gasteiger partial charge in [0.1, 0.15) is 16.6 Å². The quantitative estimate of drug-likeness (QED) is 0.330. The Labute approximate surface area is 184 Å². The van der Waals surface area contributed by atoms with Crippen LogP contribution >= 0.6 is 11.6 Å². The van der Waals surface area contributed by atoms with Crippen molar-refractivity contribution in [2.45, 2.75) is 20.0 Å².